The van der Waals surface area contributed by atoms with Crippen molar-refractivity contribution in [2.24, 2.45) is 7.05 Å². The highest BCUT2D eigenvalue weighted by molar-refractivity contribution is 6.04. The van der Waals surface area contributed by atoms with Crippen molar-refractivity contribution in [1.82, 2.24) is 14.7 Å². The summed E-state index contributed by atoms with van der Waals surface area (Å²) in [6.45, 7) is 1.85. The third-order valence-electron chi connectivity index (χ3n) is 3.33. The van der Waals surface area contributed by atoms with Crippen LogP contribution in [-0.2, 0) is 7.05 Å². The molecular formula is C14H16N4O. The number of hydrogen-bond acceptors (Lipinski definition) is 3. The van der Waals surface area contributed by atoms with Crippen molar-refractivity contribution in [1.29, 1.82) is 5.26 Å². The minimum atomic E-state index is -0.153. The summed E-state index contributed by atoms with van der Waals surface area (Å²) in [5, 5.41) is 13.8. The van der Waals surface area contributed by atoms with Crippen LogP contribution in [0.5, 0.6) is 0 Å². The standard InChI is InChI=1S/C14H16N4O/c1-10(8-9-15)17(2)14(19)13-11-6-4-5-7-12(11)18(3)16-13/h4-7,10H,8H2,1-3H3. The summed E-state index contributed by atoms with van der Waals surface area (Å²) in [6.07, 6.45) is 0.313. The molecule has 1 amide bonds. The first-order chi connectivity index (χ1) is 9.06. The van der Waals surface area contributed by atoms with Crippen LogP contribution in [0.2, 0.25) is 0 Å². The summed E-state index contributed by atoms with van der Waals surface area (Å²) in [5.41, 5.74) is 1.36. The Kier molecular flexibility index (Phi) is 3.52. The molecule has 2 aromatic rings. The van der Waals surface area contributed by atoms with Crippen molar-refractivity contribution in [3.63, 3.8) is 0 Å². The Hall–Kier alpha value is -2.35. The van der Waals surface area contributed by atoms with Gasteiger partial charge in [-0.25, -0.2) is 0 Å². The smallest absolute Gasteiger partial charge is 0.275 e. The van der Waals surface area contributed by atoms with Gasteiger partial charge in [-0.3, -0.25) is 9.48 Å². The lowest BCUT2D eigenvalue weighted by Crippen LogP contribution is -2.35. The average molecular weight is 256 g/mol. The van der Waals surface area contributed by atoms with Crippen LogP contribution >= 0.6 is 0 Å². The number of aromatic nitrogens is 2. The Bertz CT molecular complexity index is 653. The van der Waals surface area contributed by atoms with E-state index in [2.05, 4.69) is 11.2 Å². The summed E-state index contributed by atoms with van der Waals surface area (Å²) in [6, 6.07) is 9.57. The minimum Gasteiger partial charge on any atom is -0.337 e. The van der Waals surface area contributed by atoms with Gasteiger partial charge < -0.3 is 4.90 Å². The summed E-state index contributed by atoms with van der Waals surface area (Å²) >= 11 is 0. The third kappa shape index (κ3) is 2.29. The van der Waals surface area contributed by atoms with Crippen molar-refractivity contribution in [2.45, 2.75) is 19.4 Å². The molecule has 1 heterocycles. The number of rotatable bonds is 3. The molecule has 0 fully saturated rings. The summed E-state index contributed by atoms with van der Waals surface area (Å²) in [7, 11) is 3.52. The lowest BCUT2D eigenvalue weighted by atomic mass is 10.1. The van der Waals surface area contributed by atoms with Crippen LogP contribution < -0.4 is 0 Å². The zero-order chi connectivity index (χ0) is 14.0. The van der Waals surface area contributed by atoms with Gasteiger partial charge in [0.25, 0.3) is 5.91 Å². The molecule has 0 saturated heterocycles. The maximum atomic E-state index is 12.4. The van der Waals surface area contributed by atoms with Crippen LogP contribution in [0.4, 0.5) is 0 Å². The van der Waals surface area contributed by atoms with Crippen LogP contribution in [0, 0.1) is 11.3 Å². The number of aryl methyl sites for hydroxylation is 1. The second-order valence-electron chi connectivity index (χ2n) is 4.62. The van der Waals surface area contributed by atoms with E-state index in [1.165, 1.54) is 0 Å². The van der Waals surface area contributed by atoms with Crippen LogP contribution in [0.3, 0.4) is 0 Å². The normalized spacial score (nSPS) is 12.1. The highest BCUT2D eigenvalue weighted by Crippen LogP contribution is 2.19. The van der Waals surface area contributed by atoms with Gasteiger partial charge in [0.05, 0.1) is 18.0 Å². The van der Waals surface area contributed by atoms with Gasteiger partial charge in [-0.2, -0.15) is 10.4 Å². The monoisotopic (exact) mass is 256 g/mol. The number of carbonyl (C=O) groups excluding carboxylic acids is 1. The van der Waals surface area contributed by atoms with Gasteiger partial charge in [-0.15, -0.1) is 0 Å². The number of amides is 1. The van der Waals surface area contributed by atoms with Crippen molar-refractivity contribution >= 4 is 16.8 Å². The maximum absolute atomic E-state index is 12.4. The molecule has 1 atom stereocenters. The number of para-hydroxylation sites is 1. The zero-order valence-corrected chi connectivity index (χ0v) is 11.3. The van der Waals surface area contributed by atoms with E-state index in [0.717, 1.165) is 10.9 Å². The Morgan fingerprint density at radius 2 is 2.21 bits per heavy atom. The van der Waals surface area contributed by atoms with E-state index in [0.29, 0.717) is 12.1 Å². The second kappa shape index (κ2) is 5.11. The molecule has 0 bridgehead atoms. The van der Waals surface area contributed by atoms with Crippen LogP contribution in [0.15, 0.2) is 24.3 Å². The van der Waals surface area contributed by atoms with Crippen molar-refractivity contribution in [3.8, 4) is 6.07 Å². The Balaban J connectivity index is 2.40. The largest absolute Gasteiger partial charge is 0.337 e. The molecule has 1 aromatic heterocycles. The van der Waals surface area contributed by atoms with E-state index in [-0.39, 0.29) is 11.9 Å². The van der Waals surface area contributed by atoms with Crippen LogP contribution in [0.1, 0.15) is 23.8 Å². The highest BCUT2D eigenvalue weighted by atomic mass is 16.2. The molecule has 1 aromatic carbocycles. The molecule has 0 N–H and O–H groups in total. The molecule has 5 nitrogen and oxygen atoms in total. The molecule has 19 heavy (non-hydrogen) atoms. The molecule has 98 valence electrons. The number of nitrogens with zero attached hydrogens (tertiary/aromatic N) is 4. The second-order valence-corrected chi connectivity index (χ2v) is 4.62. The Labute approximate surface area is 112 Å². The van der Waals surface area contributed by atoms with E-state index < -0.39 is 0 Å². The number of hydrogen-bond donors (Lipinski definition) is 0. The van der Waals surface area contributed by atoms with Gasteiger partial charge in [-0.1, -0.05) is 18.2 Å². The van der Waals surface area contributed by atoms with Crippen molar-refractivity contribution < 1.29 is 4.79 Å². The fourth-order valence-electron chi connectivity index (χ4n) is 2.01. The summed E-state index contributed by atoms with van der Waals surface area (Å²) in [5.74, 6) is -0.153. The molecule has 2 rings (SSSR count). The van der Waals surface area contributed by atoms with E-state index in [1.54, 1.807) is 16.6 Å². The van der Waals surface area contributed by atoms with E-state index in [1.807, 2.05) is 38.2 Å². The fraction of sp³-hybridized carbons (Fsp3) is 0.357. The van der Waals surface area contributed by atoms with E-state index in [4.69, 9.17) is 5.26 Å². The topological polar surface area (TPSA) is 61.9 Å². The maximum Gasteiger partial charge on any atom is 0.275 e. The van der Waals surface area contributed by atoms with Gasteiger partial charge in [0.15, 0.2) is 5.69 Å². The lowest BCUT2D eigenvalue weighted by Gasteiger charge is -2.21. The van der Waals surface area contributed by atoms with Gasteiger partial charge in [0.2, 0.25) is 0 Å². The van der Waals surface area contributed by atoms with Crippen molar-refractivity contribution in [2.75, 3.05) is 7.05 Å². The lowest BCUT2D eigenvalue weighted by molar-refractivity contribution is 0.0741. The molecule has 0 aliphatic heterocycles. The van der Waals surface area contributed by atoms with Crippen LogP contribution in [-0.4, -0.2) is 33.7 Å². The summed E-state index contributed by atoms with van der Waals surface area (Å²) < 4.78 is 1.70. The fourth-order valence-corrected chi connectivity index (χ4v) is 2.01. The molecule has 0 saturated carbocycles. The Morgan fingerprint density at radius 3 is 2.89 bits per heavy atom. The molecule has 0 aliphatic carbocycles. The van der Waals surface area contributed by atoms with Crippen molar-refractivity contribution in [3.05, 3.63) is 30.0 Å². The van der Waals surface area contributed by atoms with Gasteiger partial charge in [-0.05, 0) is 13.0 Å². The first-order valence-corrected chi connectivity index (χ1v) is 6.12. The van der Waals surface area contributed by atoms with Gasteiger partial charge in [0.1, 0.15) is 0 Å². The predicted octanol–water partition coefficient (Wildman–Crippen LogP) is 1.95. The number of benzene rings is 1. The molecule has 0 aliphatic rings. The summed E-state index contributed by atoms with van der Waals surface area (Å²) in [4.78, 5) is 14.0. The number of fused-ring (bicyclic) bond motifs is 1. The molecular weight excluding hydrogens is 240 g/mol. The molecule has 1 unspecified atom stereocenters. The average Bonchev–Trinajstić information content (AvgIpc) is 2.75. The molecule has 0 spiro atoms. The highest BCUT2D eigenvalue weighted by Gasteiger charge is 2.22. The van der Waals surface area contributed by atoms with Gasteiger partial charge >= 0.3 is 0 Å². The Morgan fingerprint density at radius 1 is 1.53 bits per heavy atom. The number of carbonyl (C=O) groups is 1. The zero-order valence-electron chi connectivity index (χ0n) is 11.3. The minimum absolute atomic E-state index is 0.127. The number of nitriles is 1. The first kappa shape index (κ1) is 13.1. The van der Waals surface area contributed by atoms with Gasteiger partial charge in [0, 0.05) is 25.5 Å². The van der Waals surface area contributed by atoms with E-state index in [9.17, 15) is 4.79 Å². The van der Waals surface area contributed by atoms with E-state index >= 15 is 0 Å². The predicted molar refractivity (Wildman–Crippen MR) is 72.5 cm³/mol. The quantitative estimate of drug-likeness (QED) is 0.843. The first-order valence-electron chi connectivity index (χ1n) is 6.12. The molecule has 0 radical (unpaired) electrons. The van der Waals surface area contributed by atoms with Crippen LogP contribution in [0.25, 0.3) is 10.9 Å². The third-order valence-corrected chi connectivity index (χ3v) is 3.33. The SMILES string of the molecule is CC(CC#N)N(C)C(=O)c1nn(C)c2ccccc12. The molecule has 5 heteroatoms.